The van der Waals surface area contributed by atoms with Gasteiger partial charge in [0.05, 0.1) is 11.7 Å². The Morgan fingerprint density at radius 3 is 2.92 bits per heavy atom. The first-order valence-corrected chi connectivity index (χ1v) is 8.22. The van der Waals surface area contributed by atoms with E-state index in [9.17, 15) is 4.79 Å². The topological polar surface area (TPSA) is 108 Å². The first kappa shape index (κ1) is 15.2. The SMILES string of the molecule is CNC(=O)c1cc(Nc2ncc3ccc(-c4cn[nH]c4)cc3n2)sn1. The van der Waals surface area contributed by atoms with Crippen molar-refractivity contribution in [3.63, 3.8) is 0 Å². The van der Waals surface area contributed by atoms with Crippen LogP contribution in [-0.4, -0.2) is 37.5 Å². The molecule has 8 nitrogen and oxygen atoms in total. The summed E-state index contributed by atoms with van der Waals surface area (Å²) in [7, 11) is 1.57. The van der Waals surface area contributed by atoms with Crippen LogP contribution in [0.15, 0.2) is 42.9 Å². The van der Waals surface area contributed by atoms with Gasteiger partial charge in [0.2, 0.25) is 5.95 Å². The summed E-state index contributed by atoms with van der Waals surface area (Å²) in [4.78, 5) is 20.4. The third kappa shape index (κ3) is 3.04. The van der Waals surface area contributed by atoms with Crippen molar-refractivity contribution in [2.75, 3.05) is 12.4 Å². The number of benzene rings is 1. The molecule has 1 amide bonds. The molecular formula is C16H13N7OS. The molecule has 0 saturated heterocycles. The number of fused-ring (bicyclic) bond motifs is 1. The number of hydrogen-bond acceptors (Lipinski definition) is 7. The van der Waals surface area contributed by atoms with Crippen molar-refractivity contribution in [2.45, 2.75) is 0 Å². The highest BCUT2D eigenvalue weighted by atomic mass is 32.1. The van der Waals surface area contributed by atoms with Gasteiger partial charge in [0, 0.05) is 36.5 Å². The fourth-order valence-corrected chi connectivity index (χ4v) is 2.98. The van der Waals surface area contributed by atoms with Gasteiger partial charge in [0.15, 0.2) is 0 Å². The van der Waals surface area contributed by atoms with Crippen LogP contribution < -0.4 is 10.6 Å². The van der Waals surface area contributed by atoms with Gasteiger partial charge in [-0.25, -0.2) is 9.97 Å². The van der Waals surface area contributed by atoms with Crippen LogP contribution in [0.5, 0.6) is 0 Å². The zero-order valence-corrected chi connectivity index (χ0v) is 14.0. The Hall–Kier alpha value is -3.33. The van der Waals surface area contributed by atoms with Crippen LogP contribution >= 0.6 is 11.5 Å². The smallest absolute Gasteiger partial charge is 0.270 e. The molecule has 0 fully saturated rings. The van der Waals surface area contributed by atoms with Gasteiger partial charge < -0.3 is 10.6 Å². The lowest BCUT2D eigenvalue weighted by Crippen LogP contribution is -2.17. The number of hydrogen-bond donors (Lipinski definition) is 3. The first-order chi connectivity index (χ1) is 12.2. The molecule has 124 valence electrons. The molecule has 0 aliphatic heterocycles. The molecule has 3 N–H and O–H groups in total. The maximum Gasteiger partial charge on any atom is 0.270 e. The van der Waals surface area contributed by atoms with E-state index in [1.54, 1.807) is 25.5 Å². The Bertz CT molecular complexity index is 1040. The monoisotopic (exact) mass is 351 g/mol. The Kier molecular flexibility index (Phi) is 3.82. The minimum absolute atomic E-state index is 0.228. The predicted octanol–water partition coefficient (Wildman–Crippen LogP) is 2.58. The molecule has 25 heavy (non-hydrogen) atoms. The van der Waals surface area contributed by atoms with Crippen LogP contribution in [0, 0.1) is 0 Å². The van der Waals surface area contributed by atoms with Crippen LogP contribution in [0.25, 0.3) is 22.0 Å². The minimum atomic E-state index is -0.228. The summed E-state index contributed by atoms with van der Waals surface area (Å²) in [5, 5.41) is 14.0. The van der Waals surface area contributed by atoms with E-state index in [0.717, 1.165) is 22.0 Å². The molecule has 0 aliphatic carbocycles. The van der Waals surface area contributed by atoms with Crippen LogP contribution in [0.1, 0.15) is 10.5 Å². The van der Waals surface area contributed by atoms with E-state index < -0.39 is 0 Å². The third-order valence-corrected chi connectivity index (χ3v) is 4.32. The Balaban J connectivity index is 1.64. The van der Waals surface area contributed by atoms with E-state index in [-0.39, 0.29) is 5.91 Å². The number of nitrogens with zero attached hydrogens (tertiary/aromatic N) is 4. The molecule has 3 heterocycles. The number of carbonyl (C=O) groups excluding carboxylic acids is 1. The van der Waals surface area contributed by atoms with Crippen molar-refractivity contribution in [3.05, 3.63) is 48.5 Å². The first-order valence-electron chi connectivity index (χ1n) is 7.45. The van der Waals surface area contributed by atoms with Crippen molar-refractivity contribution in [2.24, 2.45) is 0 Å². The predicted molar refractivity (Wildman–Crippen MR) is 95.9 cm³/mol. The average molecular weight is 351 g/mol. The minimum Gasteiger partial charge on any atom is -0.354 e. The zero-order valence-electron chi connectivity index (χ0n) is 13.1. The zero-order chi connectivity index (χ0) is 17.2. The summed E-state index contributed by atoms with van der Waals surface area (Å²) in [5.41, 5.74) is 3.18. The Morgan fingerprint density at radius 1 is 1.20 bits per heavy atom. The number of anilines is 2. The largest absolute Gasteiger partial charge is 0.354 e. The second-order valence-corrected chi connectivity index (χ2v) is 6.04. The normalized spacial score (nSPS) is 10.8. The molecule has 0 radical (unpaired) electrons. The van der Waals surface area contributed by atoms with Gasteiger partial charge in [0.25, 0.3) is 5.91 Å². The molecule has 0 saturated carbocycles. The van der Waals surface area contributed by atoms with Crippen molar-refractivity contribution >= 4 is 39.3 Å². The van der Waals surface area contributed by atoms with Crippen LogP contribution in [0.4, 0.5) is 10.9 Å². The second kappa shape index (κ2) is 6.29. The van der Waals surface area contributed by atoms with Crippen molar-refractivity contribution in [1.29, 1.82) is 0 Å². The van der Waals surface area contributed by atoms with Crippen LogP contribution in [0.2, 0.25) is 0 Å². The number of nitrogens with one attached hydrogen (secondary N) is 3. The lowest BCUT2D eigenvalue weighted by Gasteiger charge is -2.04. The highest BCUT2D eigenvalue weighted by molar-refractivity contribution is 7.10. The van der Waals surface area contributed by atoms with Gasteiger partial charge >= 0.3 is 0 Å². The van der Waals surface area contributed by atoms with E-state index in [1.165, 1.54) is 11.5 Å². The van der Waals surface area contributed by atoms with Gasteiger partial charge in [-0.3, -0.25) is 9.89 Å². The molecular weight excluding hydrogens is 338 g/mol. The molecule has 4 aromatic rings. The summed E-state index contributed by atoms with van der Waals surface area (Å²) >= 11 is 1.18. The Morgan fingerprint density at radius 2 is 2.12 bits per heavy atom. The van der Waals surface area contributed by atoms with Crippen molar-refractivity contribution in [1.82, 2.24) is 29.9 Å². The number of aromatic nitrogens is 5. The number of amides is 1. The maximum absolute atomic E-state index is 11.6. The summed E-state index contributed by atoms with van der Waals surface area (Å²) in [6.45, 7) is 0. The van der Waals surface area contributed by atoms with Gasteiger partial charge in [-0.05, 0) is 23.2 Å². The van der Waals surface area contributed by atoms with E-state index in [1.807, 2.05) is 24.4 Å². The molecule has 4 rings (SSSR count). The van der Waals surface area contributed by atoms with Gasteiger partial charge in [0.1, 0.15) is 10.7 Å². The molecule has 9 heteroatoms. The van der Waals surface area contributed by atoms with Gasteiger partial charge in [-0.2, -0.15) is 9.47 Å². The third-order valence-electron chi connectivity index (χ3n) is 3.62. The Labute approximate surface area is 146 Å². The maximum atomic E-state index is 11.6. The molecule has 0 spiro atoms. The van der Waals surface area contributed by atoms with E-state index >= 15 is 0 Å². The van der Waals surface area contributed by atoms with Gasteiger partial charge in [-0.1, -0.05) is 12.1 Å². The molecule has 0 atom stereocenters. The molecule has 0 bridgehead atoms. The number of rotatable bonds is 4. The average Bonchev–Trinajstić information content (AvgIpc) is 3.32. The number of aromatic amines is 1. The lowest BCUT2D eigenvalue weighted by atomic mass is 10.1. The van der Waals surface area contributed by atoms with Crippen molar-refractivity contribution < 1.29 is 4.79 Å². The summed E-state index contributed by atoms with van der Waals surface area (Å²) in [6.07, 6.45) is 5.35. The van der Waals surface area contributed by atoms with E-state index in [4.69, 9.17) is 0 Å². The van der Waals surface area contributed by atoms with Crippen molar-refractivity contribution in [3.8, 4) is 11.1 Å². The molecule has 3 aromatic heterocycles. The second-order valence-electron chi connectivity index (χ2n) is 5.23. The quantitative estimate of drug-likeness (QED) is 0.521. The van der Waals surface area contributed by atoms with Crippen LogP contribution in [0.3, 0.4) is 0 Å². The highest BCUT2D eigenvalue weighted by Gasteiger charge is 2.10. The standard InChI is InChI=1S/C16H13N7OS/c1-17-15(24)13-5-14(25-23-13)22-16-18-6-10-3-2-9(4-12(10)21-16)11-7-19-20-8-11/h2-8H,1H3,(H,17,24)(H,19,20)(H,18,21,22). The summed E-state index contributed by atoms with van der Waals surface area (Å²) in [6, 6.07) is 7.62. The lowest BCUT2D eigenvalue weighted by molar-refractivity contribution is 0.0959. The number of H-pyrrole nitrogens is 1. The van der Waals surface area contributed by atoms with Gasteiger partial charge in [-0.15, -0.1) is 0 Å². The fraction of sp³-hybridized carbons (Fsp3) is 0.0625. The number of carbonyl (C=O) groups is 1. The molecule has 0 unspecified atom stereocenters. The van der Waals surface area contributed by atoms with E-state index in [0.29, 0.717) is 16.6 Å². The molecule has 0 aliphatic rings. The fourth-order valence-electron chi connectivity index (χ4n) is 2.35. The van der Waals surface area contributed by atoms with E-state index in [2.05, 4.69) is 35.2 Å². The summed E-state index contributed by atoms with van der Waals surface area (Å²) in [5.74, 6) is 0.220. The molecule has 1 aromatic carbocycles. The summed E-state index contributed by atoms with van der Waals surface area (Å²) < 4.78 is 4.09. The van der Waals surface area contributed by atoms with Crippen LogP contribution in [-0.2, 0) is 0 Å². The highest BCUT2D eigenvalue weighted by Crippen LogP contribution is 2.24.